The lowest BCUT2D eigenvalue weighted by atomic mass is 10.1. The molecule has 0 saturated carbocycles. The van der Waals surface area contributed by atoms with Crippen LogP contribution in [0.3, 0.4) is 0 Å². The summed E-state index contributed by atoms with van der Waals surface area (Å²) in [5, 5.41) is -1.68. The van der Waals surface area contributed by atoms with Gasteiger partial charge in [0.15, 0.2) is 0 Å². The van der Waals surface area contributed by atoms with Crippen LogP contribution >= 0.6 is 23.2 Å². The SMILES string of the molecule is CC(Cl)(Cc1ccccc1)OC(C)(Cl)Cc1ccccc1. The van der Waals surface area contributed by atoms with Gasteiger partial charge >= 0.3 is 0 Å². The Hall–Kier alpha value is -1.02. The maximum atomic E-state index is 6.51. The number of hydrogen-bond acceptors (Lipinski definition) is 1. The Bertz CT molecular complexity index is 498. The molecule has 112 valence electrons. The summed E-state index contributed by atoms with van der Waals surface area (Å²) in [6, 6.07) is 20.1. The molecule has 2 rings (SSSR count). The van der Waals surface area contributed by atoms with Crippen LogP contribution in [0.4, 0.5) is 0 Å². The van der Waals surface area contributed by atoms with E-state index >= 15 is 0 Å². The first-order valence-corrected chi connectivity index (χ1v) is 7.78. The van der Waals surface area contributed by atoms with Crippen molar-refractivity contribution >= 4 is 23.2 Å². The molecule has 0 heterocycles. The molecule has 2 aromatic rings. The zero-order valence-corrected chi connectivity index (χ0v) is 13.9. The molecule has 0 saturated heterocycles. The number of ether oxygens (including phenoxy) is 1. The van der Waals surface area contributed by atoms with Gasteiger partial charge in [0.05, 0.1) is 0 Å². The first-order chi connectivity index (χ1) is 9.86. The van der Waals surface area contributed by atoms with E-state index < -0.39 is 10.1 Å². The van der Waals surface area contributed by atoms with Crippen LogP contribution in [0.1, 0.15) is 25.0 Å². The van der Waals surface area contributed by atoms with Gasteiger partial charge in [-0.15, -0.1) is 0 Å². The minimum Gasteiger partial charge on any atom is -0.338 e. The van der Waals surface area contributed by atoms with Crippen LogP contribution in [0.15, 0.2) is 60.7 Å². The minimum atomic E-state index is -0.841. The molecule has 2 unspecified atom stereocenters. The van der Waals surface area contributed by atoms with Crippen LogP contribution in [-0.4, -0.2) is 10.1 Å². The van der Waals surface area contributed by atoms with Crippen LogP contribution in [0, 0.1) is 0 Å². The highest BCUT2D eigenvalue weighted by Gasteiger charge is 2.33. The summed E-state index contributed by atoms with van der Waals surface area (Å²) in [6.07, 6.45) is 1.21. The molecule has 0 amide bonds. The van der Waals surface area contributed by atoms with Crippen LogP contribution in [0.5, 0.6) is 0 Å². The molecule has 0 fully saturated rings. The number of alkyl halides is 2. The molecule has 1 nitrogen and oxygen atoms in total. The highest BCUT2D eigenvalue weighted by molar-refractivity contribution is 6.25. The van der Waals surface area contributed by atoms with E-state index in [0.717, 1.165) is 11.1 Å². The Labute approximate surface area is 136 Å². The molecule has 0 spiro atoms. The first kappa shape index (κ1) is 16.4. The van der Waals surface area contributed by atoms with Gasteiger partial charge in [0.2, 0.25) is 0 Å². The summed E-state index contributed by atoms with van der Waals surface area (Å²) in [6.45, 7) is 3.71. The van der Waals surface area contributed by atoms with Gasteiger partial charge in [-0.3, -0.25) is 0 Å². The maximum Gasteiger partial charge on any atom is 0.145 e. The summed E-state index contributed by atoms with van der Waals surface area (Å²) in [5.74, 6) is 0. The number of hydrogen-bond donors (Lipinski definition) is 0. The monoisotopic (exact) mass is 322 g/mol. The van der Waals surface area contributed by atoms with E-state index in [1.807, 2.05) is 74.5 Å². The van der Waals surface area contributed by atoms with Crippen molar-refractivity contribution in [1.82, 2.24) is 0 Å². The van der Waals surface area contributed by atoms with Crippen LogP contribution in [0.25, 0.3) is 0 Å². The molecule has 3 heteroatoms. The summed E-state index contributed by atoms with van der Waals surface area (Å²) >= 11 is 13.0. The van der Waals surface area contributed by atoms with Gasteiger partial charge in [-0.25, -0.2) is 0 Å². The maximum absolute atomic E-state index is 6.51. The average molecular weight is 323 g/mol. The Morgan fingerprint density at radius 2 is 1.05 bits per heavy atom. The first-order valence-electron chi connectivity index (χ1n) is 7.02. The molecule has 0 radical (unpaired) electrons. The second kappa shape index (κ2) is 6.83. The van der Waals surface area contributed by atoms with Crippen LogP contribution in [-0.2, 0) is 17.6 Å². The fraction of sp³-hybridized carbons (Fsp3) is 0.333. The summed E-state index contributed by atoms with van der Waals surface area (Å²) in [7, 11) is 0. The number of benzene rings is 2. The van der Waals surface area contributed by atoms with Gasteiger partial charge in [0, 0.05) is 12.8 Å². The topological polar surface area (TPSA) is 9.23 Å². The molecular weight excluding hydrogens is 303 g/mol. The molecule has 0 aliphatic carbocycles. The van der Waals surface area contributed by atoms with Crippen molar-refractivity contribution < 1.29 is 4.74 Å². The average Bonchev–Trinajstić information content (AvgIpc) is 2.38. The standard InChI is InChI=1S/C18H20Cl2O/c1-17(19,13-15-9-5-3-6-10-15)21-18(2,20)14-16-11-7-4-8-12-16/h3-12H,13-14H2,1-2H3. The molecule has 2 atom stereocenters. The molecular formula is C18H20Cl2O. The Kier molecular flexibility index (Phi) is 5.32. The Morgan fingerprint density at radius 3 is 1.38 bits per heavy atom. The summed E-state index contributed by atoms with van der Waals surface area (Å²) < 4.78 is 5.96. The zero-order valence-electron chi connectivity index (χ0n) is 12.4. The van der Waals surface area contributed by atoms with Crippen molar-refractivity contribution in [3.63, 3.8) is 0 Å². The van der Waals surface area contributed by atoms with E-state index in [-0.39, 0.29) is 0 Å². The van der Waals surface area contributed by atoms with E-state index in [0.29, 0.717) is 12.8 Å². The number of halogens is 2. The quantitative estimate of drug-likeness (QED) is 0.647. The minimum absolute atomic E-state index is 0.604. The fourth-order valence-electron chi connectivity index (χ4n) is 2.44. The van der Waals surface area contributed by atoms with Crippen LogP contribution < -0.4 is 0 Å². The van der Waals surface area contributed by atoms with Gasteiger partial charge in [-0.1, -0.05) is 83.9 Å². The van der Waals surface area contributed by atoms with E-state index in [1.54, 1.807) is 0 Å². The van der Waals surface area contributed by atoms with Crippen molar-refractivity contribution in [2.45, 2.75) is 36.8 Å². The second-order valence-electron chi connectivity index (χ2n) is 5.63. The van der Waals surface area contributed by atoms with Gasteiger partial charge < -0.3 is 4.74 Å². The lowest BCUT2D eigenvalue weighted by Gasteiger charge is -2.33. The number of rotatable bonds is 6. The summed E-state index contributed by atoms with van der Waals surface area (Å²) in [4.78, 5) is 0. The van der Waals surface area contributed by atoms with Crippen molar-refractivity contribution in [2.75, 3.05) is 0 Å². The molecule has 2 aromatic carbocycles. The molecule has 0 aliphatic rings. The molecule has 0 aliphatic heterocycles. The van der Waals surface area contributed by atoms with Gasteiger partial charge in [-0.05, 0) is 25.0 Å². The highest BCUT2D eigenvalue weighted by Crippen LogP contribution is 2.33. The van der Waals surface area contributed by atoms with Crippen molar-refractivity contribution in [1.29, 1.82) is 0 Å². The normalized spacial score (nSPS) is 17.0. The van der Waals surface area contributed by atoms with E-state index in [1.165, 1.54) is 0 Å². The fourth-order valence-corrected chi connectivity index (χ4v) is 3.13. The smallest absolute Gasteiger partial charge is 0.145 e. The lowest BCUT2D eigenvalue weighted by molar-refractivity contribution is -0.0462. The van der Waals surface area contributed by atoms with E-state index in [4.69, 9.17) is 27.9 Å². The third kappa shape index (κ3) is 5.70. The highest BCUT2D eigenvalue weighted by atomic mass is 35.5. The molecule has 0 N–H and O–H groups in total. The van der Waals surface area contributed by atoms with Gasteiger partial charge in [-0.2, -0.15) is 0 Å². The zero-order chi connectivity index (χ0) is 15.3. The summed E-state index contributed by atoms with van der Waals surface area (Å²) in [5.41, 5.74) is 2.25. The van der Waals surface area contributed by atoms with Crippen molar-refractivity contribution in [3.05, 3.63) is 71.8 Å². The third-order valence-corrected chi connectivity index (χ3v) is 3.57. The lowest BCUT2D eigenvalue weighted by Crippen LogP contribution is -2.36. The van der Waals surface area contributed by atoms with Crippen LogP contribution in [0.2, 0.25) is 0 Å². The largest absolute Gasteiger partial charge is 0.338 e. The van der Waals surface area contributed by atoms with Crippen molar-refractivity contribution in [3.8, 4) is 0 Å². The van der Waals surface area contributed by atoms with Gasteiger partial charge in [0.25, 0.3) is 0 Å². The Balaban J connectivity index is 2.01. The molecule has 0 aromatic heterocycles. The van der Waals surface area contributed by atoms with E-state index in [9.17, 15) is 0 Å². The third-order valence-electron chi connectivity index (χ3n) is 3.15. The molecule has 21 heavy (non-hydrogen) atoms. The predicted molar refractivity (Wildman–Crippen MR) is 89.9 cm³/mol. The van der Waals surface area contributed by atoms with Gasteiger partial charge in [0.1, 0.15) is 10.1 Å². The molecule has 0 bridgehead atoms. The van der Waals surface area contributed by atoms with E-state index in [2.05, 4.69) is 0 Å². The van der Waals surface area contributed by atoms with Crippen molar-refractivity contribution in [2.24, 2.45) is 0 Å². The predicted octanol–water partition coefficient (Wildman–Crippen LogP) is 5.40. The Morgan fingerprint density at radius 1 is 0.714 bits per heavy atom. The second-order valence-corrected chi connectivity index (χ2v) is 7.23.